The molecule has 0 saturated carbocycles. The van der Waals surface area contributed by atoms with Gasteiger partial charge in [-0.3, -0.25) is 19.3 Å². The molecule has 2 amide bonds. The number of aryl methyl sites for hydroxylation is 1. The normalized spacial score (nSPS) is 14.8. The highest BCUT2D eigenvalue weighted by molar-refractivity contribution is 8.18. The molecule has 8 heteroatoms. The summed E-state index contributed by atoms with van der Waals surface area (Å²) in [5, 5.41) is -0.505. The van der Waals surface area contributed by atoms with Gasteiger partial charge < -0.3 is 14.2 Å². The lowest BCUT2D eigenvalue weighted by atomic mass is 10.2. The van der Waals surface area contributed by atoms with Crippen LogP contribution < -0.4 is 9.47 Å². The quantitative estimate of drug-likeness (QED) is 0.330. The first-order valence-corrected chi connectivity index (χ1v) is 10.6. The maximum absolute atomic E-state index is 12.6. The molecule has 1 aliphatic heterocycles. The van der Waals surface area contributed by atoms with E-state index in [1.165, 1.54) is 0 Å². The number of nitrogens with zero attached hydrogens (tertiary/aromatic N) is 1. The molecule has 1 heterocycles. The zero-order valence-electron chi connectivity index (χ0n) is 17.3. The minimum atomic E-state index is -0.622. The molecule has 31 heavy (non-hydrogen) atoms. The number of esters is 1. The second kappa shape index (κ2) is 10.7. The molecule has 1 saturated heterocycles. The standard InChI is InChI=1S/C23H23NO6S/c1-3-28-21(25)15-24-22(26)20(31-23(24)27)14-17-6-4-5-7-19(17)30-13-12-29-18-10-8-16(2)9-11-18/h4-11,14H,3,12-13,15H2,1-2H3/b20-14-. The van der Waals surface area contributed by atoms with E-state index in [4.69, 9.17) is 14.2 Å². The van der Waals surface area contributed by atoms with Crippen LogP contribution >= 0.6 is 11.8 Å². The average Bonchev–Trinajstić information content (AvgIpc) is 3.01. The van der Waals surface area contributed by atoms with Crippen LogP contribution in [0.25, 0.3) is 6.08 Å². The van der Waals surface area contributed by atoms with Gasteiger partial charge in [0.15, 0.2) is 0 Å². The zero-order chi connectivity index (χ0) is 22.2. The summed E-state index contributed by atoms with van der Waals surface area (Å²) in [7, 11) is 0. The van der Waals surface area contributed by atoms with Gasteiger partial charge in [0.05, 0.1) is 11.5 Å². The number of ether oxygens (including phenoxy) is 3. The van der Waals surface area contributed by atoms with Crippen LogP contribution in [-0.4, -0.2) is 48.4 Å². The van der Waals surface area contributed by atoms with Gasteiger partial charge in [-0.15, -0.1) is 0 Å². The number of imide groups is 1. The summed E-state index contributed by atoms with van der Waals surface area (Å²) < 4.78 is 16.3. The largest absolute Gasteiger partial charge is 0.490 e. The summed E-state index contributed by atoms with van der Waals surface area (Å²) in [5.41, 5.74) is 1.81. The van der Waals surface area contributed by atoms with E-state index in [0.29, 0.717) is 24.5 Å². The molecule has 2 aromatic carbocycles. The Labute approximate surface area is 185 Å². The van der Waals surface area contributed by atoms with Crippen LogP contribution in [-0.2, 0) is 14.3 Å². The smallest absolute Gasteiger partial charge is 0.326 e. The molecule has 0 N–H and O–H groups in total. The molecule has 0 atom stereocenters. The van der Waals surface area contributed by atoms with E-state index in [0.717, 1.165) is 28.0 Å². The van der Waals surface area contributed by atoms with E-state index in [1.54, 1.807) is 25.1 Å². The van der Waals surface area contributed by atoms with E-state index < -0.39 is 23.7 Å². The number of carbonyl (C=O) groups is 3. The van der Waals surface area contributed by atoms with E-state index >= 15 is 0 Å². The fourth-order valence-electron chi connectivity index (χ4n) is 2.79. The van der Waals surface area contributed by atoms with Gasteiger partial charge >= 0.3 is 5.97 Å². The third-order valence-electron chi connectivity index (χ3n) is 4.30. The molecule has 162 valence electrons. The summed E-state index contributed by atoms with van der Waals surface area (Å²) in [6.07, 6.45) is 1.59. The van der Waals surface area contributed by atoms with Gasteiger partial charge in [-0.2, -0.15) is 0 Å². The van der Waals surface area contributed by atoms with E-state index in [2.05, 4.69) is 0 Å². The summed E-state index contributed by atoms with van der Waals surface area (Å²) in [5.74, 6) is 0.175. The number of rotatable bonds is 9. The van der Waals surface area contributed by atoms with Gasteiger partial charge in [-0.25, -0.2) is 0 Å². The molecule has 2 aromatic rings. The predicted octanol–water partition coefficient (Wildman–Crippen LogP) is 4.05. The number of carbonyl (C=O) groups excluding carboxylic acids is 3. The Morgan fingerprint density at radius 3 is 2.48 bits per heavy atom. The summed E-state index contributed by atoms with van der Waals surface area (Å²) in [6.45, 7) is 4.12. The number of hydrogen-bond acceptors (Lipinski definition) is 7. The van der Waals surface area contributed by atoms with Crippen LogP contribution in [0.15, 0.2) is 53.4 Å². The van der Waals surface area contributed by atoms with Gasteiger partial charge in [0, 0.05) is 5.56 Å². The zero-order valence-corrected chi connectivity index (χ0v) is 18.1. The van der Waals surface area contributed by atoms with Gasteiger partial charge in [0.25, 0.3) is 11.1 Å². The number of amides is 2. The van der Waals surface area contributed by atoms with E-state index in [9.17, 15) is 14.4 Å². The van der Waals surface area contributed by atoms with Gasteiger partial charge in [-0.1, -0.05) is 35.9 Å². The molecule has 1 fully saturated rings. The lowest BCUT2D eigenvalue weighted by Crippen LogP contribution is -2.34. The van der Waals surface area contributed by atoms with Crippen LogP contribution in [0.4, 0.5) is 4.79 Å². The average molecular weight is 442 g/mol. The summed E-state index contributed by atoms with van der Waals surface area (Å²) >= 11 is 0.783. The molecular weight excluding hydrogens is 418 g/mol. The molecule has 0 radical (unpaired) electrons. The van der Waals surface area contributed by atoms with Gasteiger partial charge in [0.1, 0.15) is 31.3 Å². The summed E-state index contributed by atoms with van der Waals surface area (Å²) in [6, 6.07) is 14.9. The van der Waals surface area contributed by atoms with Crippen LogP contribution in [0, 0.1) is 6.92 Å². The Balaban J connectivity index is 1.62. The van der Waals surface area contributed by atoms with Crippen molar-refractivity contribution >= 4 is 35.0 Å². The molecule has 0 aromatic heterocycles. The van der Waals surface area contributed by atoms with Crippen molar-refractivity contribution in [2.75, 3.05) is 26.4 Å². The third kappa shape index (κ3) is 6.11. The first-order valence-electron chi connectivity index (χ1n) is 9.80. The van der Waals surface area contributed by atoms with Crippen molar-refractivity contribution in [2.24, 2.45) is 0 Å². The van der Waals surface area contributed by atoms with Crippen LogP contribution in [0.3, 0.4) is 0 Å². The number of para-hydroxylation sites is 1. The highest BCUT2D eigenvalue weighted by Crippen LogP contribution is 2.33. The lowest BCUT2D eigenvalue weighted by molar-refractivity contribution is -0.145. The maximum atomic E-state index is 12.6. The van der Waals surface area contributed by atoms with Crippen molar-refractivity contribution in [3.63, 3.8) is 0 Å². The lowest BCUT2D eigenvalue weighted by Gasteiger charge is -2.11. The second-order valence-corrected chi connectivity index (χ2v) is 7.61. The molecule has 0 spiro atoms. The van der Waals surface area contributed by atoms with E-state index in [1.807, 2.05) is 43.3 Å². The van der Waals surface area contributed by atoms with Crippen molar-refractivity contribution in [3.05, 3.63) is 64.6 Å². The van der Waals surface area contributed by atoms with Gasteiger partial charge in [0.2, 0.25) is 0 Å². The predicted molar refractivity (Wildman–Crippen MR) is 118 cm³/mol. The van der Waals surface area contributed by atoms with E-state index in [-0.39, 0.29) is 11.5 Å². The molecule has 3 rings (SSSR count). The Kier molecular flexibility index (Phi) is 7.72. The van der Waals surface area contributed by atoms with Crippen molar-refractivity contribution < 1.29 is 28.6 Å². The highest BCUT2D eigenvalue weighted by Gasteiger charge is 2.36. The van der Waals surface area contributed by atoms with Crippen molar-refractivity contribution in [2.45, 2.75) is 13.8 Å². The number of hydrogen-bond donors (Lipinski definition) is 0. The maximum Gasteiger partial charge on any atom is 0.326 e. The number of benzene rings is 2. The van der Waals surface area contributed by atoms with Crippen molar-refractivity contribution in [3.8, 4) is 11.5 Å². The minimum absolute atomic E-state index is 0.184. The topological polar surface area (TPSA) is 82.1 Å². The molecule has 1 aliphatic rings. The fourth-order valence-corrected chi connectivity index (χ4v) is 3.62. The fraction of sp³-hybridized carbons (Fsp3) is 0.261. The Morgan fingerprint density at radius 1 is 1.03 bits per heavy atom. The highest BCUT2D eigenvalue weighted by atomic mass is 32.2. The van der Waals surface area contributed by atoms with Gasteiger partial charge in [-0.05, 0) is 49.9 Å². The Morgan fingerprint density at radius 2 is 1.74 bits per heavy atom. The first-order chi connectivity index (χ1) is 15.0. The molecule has 7 nitrogen and oxygen atoms in total. The van der Waals surface area contributed by atoms with Crippen LogP contribution in [0.2, 0.25) is 0 Å². The van der Waals surface area contributed by atoms with Crippen LogP contribution in [0.5, 0.6) is 11.5 Å². The molecular formula is C23H23NO6S. The molecule has 0 unspecified atom stereocenters. The monoisotopic (exact) mass is 441 g/mol. The SMILES string of the molecule is CCOC(=O)CN1C(=O)S/C(=C\c2ccccc2OCCOc2ccc(C)cc2)C1=O. The van der Waals surface area contributed by atoms with Crippen molar-refractivity contribution in [1.29, 1.82) is 0 Å². The Hall–Kier alpha value is -3.26. The molecule has 0 aliphatic carbocycles. The number of thioether (sulfide) groups is 1. The first kappa shape index (κ1) is 22.4. The van der Waals surface area contributed by atoms with Crippen LogP contribution in [0.1, 0.15) is 18.1 Å². The van der Waals surface area contributed by atoms with Crippen molar-refractivity contribution in [1.82, 2.24) is 4.90 Å². The third-order valence-corrected chi connectivity index (χ3v) is 5.21. The minimum Gasteiger partial charge on any atom is -0.490 e. The summed E-state index contributed by atoms with van der Waals surface area (Å²) in [4.78, 5) is 37.5. The second-order valence-electron chi connectivity index (χ2n) is 6.62. The molecule has 0 bridgehead atoms. The Bertz CT molecular complexity index is 986.